The number of halogens is 1. The van der Waals surface area contributed by atoms with Crippen molar-refractivity contribution in [3.05, 3.63) is 141 Å². The summed E-state index contributed by atoms with van der Waals surface area (Å²) >= 11 is 0. The van der Waals surface area contributed by atoms with Crippen molar-refractivity contribution in [2.24, 2.45) is 0 Å². The van der Waals surface area contributed by atoms with E-state index in [1.165, 1.54) is 45.0 Å². The minimum Gasteiger partial charge on any atom is -0.333 e. The van der Waals surface area contributed by atoms with E-state index in [2.05, 4.69) is 85.5 Å². The van der Waals surface area contributed by atoms with E-state index in [-0.39, 0.29) is 30.4 Å². The van der Waals surface area contributed by atoms with Crippen molar-refractivity contribution in [3.8, 4) is 0 Å². The molecule has 2 aliphatic rings. The molecule has 1 atom stereocenters. The van der Waals surface area contributed by atoms with Gasteiger partial charge in [0.1, 0.15) is 5.82 Å². The number of aryl methyl sites for hydroxylation is 2. The number of nitrogens with zero attached hydrogens (tertiary/aromatic N) is 2. The molecule has 4 aromatic rings. The van der Waals surface area contributed by atoms with E-state index in [1.807, 2.05) is 11.0 Å². The zero-order valence-electron chi connectivity index (χ0n) is 22.7. The molecule has 198 valence electrons. The number of amides is 1. The smallest absolute Gasteiger partial charge is 0.237 e. The van der Waals surface area contributed by atoms with Crippen molar-refractivity contribution in [1.82, 2.24) is 9.80 Å². The molecular formula is C35H35FN2O. The Morgan fingerprint density at radius 3 is 2.26 bits per heavy atom. The van der Waals surface area contributed by atoms with Crippen molar-refractivity contribution < 1.29 is 9.18 Å². The van der Waals surface area contributed by atoms with Crippen LogP contribution in [0, 0.1) is 19.7 Å². The second kappa shape index (κ2) is 10.8. The van der Waals surface area contributed by atoms with E-state index >= 15 is 0 Å². The highest BCUT2D eigenvalue weighted by molar-refractivity contribution is 5.79. The molecule has 0 N–H and O–H groups in total. The van der Waals surface area contributed by atoms with Crippen LogP contribution in [0.1, 0.15) is 50.5 Å². The molecule has 0 radical (unpaired) electrons. The van der Waals surface area contributed by atoms with E-state index in [9.17, 15) is 9.18 Å². The minimum atomic E-state index is -0.258. The summed E-state index contributed by atoms with van der Waals surface area (Å²) in [7, 11) is 0. The monoisotopic (exact) mass is 518 g/mol. The summed E-state index contributed by atoms with van der Waals surface area (Å²) < 4.78 is 14.8. The third-order valence-corrected chi connectivity index (χ3v) is 8.54. The van der Waals surface area contributed by atoms with Crippen molar-refractivity contribution in [2.75, 3.05) is 13.1 Å². The topological polar surface area (TPSA) is 23.6 Å². The molecule has 0 spiro atoms. The predicted molar refractivity (Wildman–Crippen MR) is 154 cm³/mol. The van der Waals surface area contributed by atoms with Crippen LogP contribution >= 0.6 is 0 Å². The van der Waals surface area contributed by atoms with E-state index in [4.69, 9.17) is 0 Å². The molecule has 0 aromatic heterocycles. The molecule has 1 amide bonds. The third-order valence-electron chi connectivity index (χ3n) is 8.54. The maximum absolute atomic E-state index is 14.8. The van der Waals surface area contributed by atoms with Gasteiger partial charge in [-0.1, -0.05) is 90.5 Å². The first-order chi connectivity index (χ1) is 19.0. The van der Waals surface area contributed by atoms with Crippen molar-refractivity contribution in [1.29, 1.82) is 0 Å². The zero-order valence-corrected chi connectivity index (χ0v) is 22.7. The first-order valence-corrected chi connectivity index (χ1v) is 14.0. The average molecular weight is 519 g/mol. The number of hydrogen-bond acceptors (Lipinski definition) is 2. The highest BCUT2D eigenvalue weighted by Gasteiger charge is 2.35. The lowest BCUT2D eigenvalue weighted by molar-refractivity contribution is -0.136. The van der Waals surface area contributed by atoms with Crippen LogP contribution in [0.25, 0.3) is 0 Å². The number of benzene rings is 4. The minimum absolute atomic E-state index is 0.00915. The first kappa shape index (κ1) is 25.5. The SMILES string of the molecule is Cc1ccc(C)c([C@@H]2c3ccccc3CCN2CC(=O)N(Cc2ccccc2F)C2Cc3ccccc3C2)c1. The van der Waals surface area contributed by atoms with Gasteiger partial charge in [0, 0.05) is 24.7 Å². The lowest BCUT2D eigenvalue weighted by atomic mass is 9.85. The number of rotatable bonds is 6. The van der Waals surface area contributed by atoms with Crippen LogP contribution in [0.3, 0.4) is 0 Å². The van der Waals surface area contributed by atoms with Crippen LogP contribution in [0.15, 0.2) is 91.0 Å². The normalized spacial score (nSPS) is 17.1. The summed E-state index contributed by atoms with van der Waals surface area (Å²) in [5, 5.41) is 0. The van der Waals surface area contributed by atoms with Crippen LogP contribution in [-0.4, -0.2) is 34.8 Å². The van der Waals surface area contributed by atoms with Gasteiger partial charge in [-0.05, 0) is 72.6 Å². The number of carbonyl (C=O) groups excluding carboxylic acids is 1. The van der Waals surface area contributed by atoms with Crippen molar-refractivity contribution in [2.45, 2.75) is 51.7 Å². The summed E-state index contributed by atoms with van der Waals surface area (Å²) in [4.78, 5) is 18.5. The van der Waals surface area contributed by atoms with Gasteiger partial charge in [-0.25, -0.2) is 4.39 Å². The second-order valence-corrected chi connectivity index (χ2v) is 11.1. The van der Waals surface area contributed by atoms with Gasteiger partial charge in [-0.3, -0.25) is 9.69 Å². The van der Waals surface area contributed by atoms with Crippen LogP contribution in [0.5, 0.6) is 0 Å². The Hall–Kier alpha value is -3.76. The van der Waals surface area contributed by atoms with Crippen LogP contribution in [0.4, 0.5) is 4.39 Å². The van der Waals surface area contributed by atoms with Crippen molar-refractivity contribution in [3.63, 3.8) is 0 Å². The molecule has 4 heteroatoms. The van der Waals surface area contributed by atoms with E-state index in [0.29, 0.717) is 12.1 Å². The number of carbonyl (C=O) groups is 1. The lowest BCUT2D eigenvalue weighted by Crippen LogP contribution is -2.48. The van der Waals surface area contributed by atoms with Gasteiger partial charge in [0.25, 0.3) is 0 Å². The van der Waals surface area contributed by atoms with E-state index in [0.717, 1.165) is 25.8 Å². The zero-order chi connectivity index (χ0) is 26.9. The first-order valence-electron chi connectivity index (χ1n) is 14.0. The predicted octanol–water partition coefficient (Wildman–Crippen LogP) is 6.59. The molecule has 6 rings (SSSR count). The number of fused-ring (bicyclic) bond motifs is 2. The highest BCUT2D eigenvalue weighted by atomic mass is 19.1. The molecule has 1 aliphatic carbocycles. The summed E-state index contributed by atoms with van der Waals surface area (Å²) in [5.74, 6) is -0.197. The Morgan fingerprint density at radius 1 is 0.846 bits per heavy atom. The Kier molecular flexibility index (Phi) is 7.05. The Morgan fingerprint density at radius 2 is 1.51 bits per heavy atom. The van der Waals surface area contributed by atoms with Crippen LogP contribution in [-0.2, 0) is 30.6 Å². The third kappa shape index (κ3) is 5.14. The quantitative estimate of drug-likeness (QED) is 0.288. The maximum atomic E-state index is 14.8. The van der Waals surface area contributed by atoms with E-state index < -0.39 is 0 Å². The van der Waals surface area contributed by atoms with Gasteiger partial charge >= 0.3 is 0 Å². The summed E-state index contributed by atoms with van der Waals surface area (Å²) in [6.45, 7) is 5.67. The molecular weight excluding hydrogens is 483 g/mol. The second-order valence-electron chi connectivity index (χ2n) is 11.1. The molecule has 0 bridgehead atoms. The van der Waals surface area contributed by atoms with Crippen LogP contribution < -0.4 is 0 Å². The average Bonchev–Trinajstić information content (AvgIpc) is 3.38. The molecule has 39 heavy (non-hydrogen) atoms. The number of hydrogen-bond donors (Lipinski definition) is 0. The Labute approximate surface area is 230 Å². The Bertz CT molecular complexity index is 1490. The highest BCUT2D eigenvalue weighted by Crippen LogP contribution is 2.37. The Balaban J connectivity index is 1.34. The standard InChI is InChI=1S/C35H35FN2O/c1-24-15-16-25(2)32(19-24)35-31-13-7-5-9-26(31)17-18-37(35)23-34(39)38(22-29-12-6-8-14-33(29)36)30-20-27-10-3-4-11-28(27)21-30/h3-16,19,30,35H,17-18,20-23H2,1-2H3/t35-/m0/s1. The fourth-order valence-corrected chi connectivity index (χ4v) is 6.46. The molecule has 0 saturated heterocycles. The summed E-state index contributed by atoms with van der Waals surface area (Å²) in [5.41, 5.74) is 9.47. The largest absolute Gasteiger partial charge is 0.333 e. The summed E-state index contributed by atoms with van der Waals surface area (Å²) in [6.07, 6.45) is 2.52. The maximum Gasteiger partial charge on any atom is 0.237 e. The molecule has 0 unspecified atom stereocenters. The molecule has 1 aliphatic heterocycles. The molecule has 1 heterocycles. The van der Waals surface area contributed by atoms with E-state index in [1.54, 1.807) is 12.1 Å². The van der Waals surface area contributed by atoms with Crippen molar-refractivity contribution >= 4 is 5.91 Å². The molecule has 0 saturated carbocycles. The fraction of sp³-hybridized carbons (Fsp3) is 0.286. The molecule has 4 aromatic carbocycles. The van der Waals surface area contributed by atoms with Gasteiger partial charge in [0.15, 0.2) is 0 Å². The molecule has 0 fully saturated rings. The summed E-state index contributed by atoms with van der Waals surface area (Å²) in [6, 6.07) is 30.5. The molecule has 3 nitrogen and oxygen atoms in total. The van der Waals surface area contributed by atoms with Gasteiger partial charge in [-0.2, -0.15) is 0 Å². The van der Waals surface area contributed by atoms with Crippen LogP contribution in [0.2, 0.25) is 0 Å². The van der Waals surface area contributed by atoms with Gasteiger partial charge < -0.3 is 4.90 Å². The van der Waals surface area contributed by atoms with Gasteiger partial charge in [0.2, 0.25) is 5.91 Å². The lowest BCUT2D eigenvalue weighted by Gasteiger charge is -2.40. The fourth-order valence-electron chi connectivity index (χ4n) is 6.46. The van der Waals surface area contributed by atoms with Gasteiger partial charge in [-0.15, -0.1) is 0 Å². The van der Waals surface area contributed by atoms with Gasteiger partial charge in [0.05, 0.1) is 12.6 Å².